The van der Waals surface area contributed by atoms with Gasteiger partial charge >= 0.3 is 6.09 Å². The molecule has 0 radical (unpaired) electrons. The van der Waals surface area contributed by atoms with Gasteiger partial charge in [-0.15, -0.1) is 0 Å². The smallest absolute Gasteiger partial charge is 0.421 e. The molecule has 2 rings (SSSR count). The van der Waals surface area contributed by atoms with Crippen molar-refractivity contribution in [3.05, 3.63) is 29.8 Å². The summed E-state index contributed by atoms with van der Waals surface area (Å²) in [5, 5.41) is 8.84. The summed E-state index contributed by atoms with van der Waals surface area (Å²) in [5.41, 5.74) is 0.525. The van der Waals surface area contributed by atoms with Crippen LogP contribution in [0.4, 0.5) is 10.5 Å². The van der Waals surface area contributed by atoms with Crippen LogP contribution in [0.1, 0.15) is 38.7 Å². The van der Waals surface area contributed by atoms with Gasteiger partial charge in [0.1, 0.15) is 5.60 Å². The Balaban J connectivity index is 2.38. The van der Waals surface area contributed by atoms with Gasteiger partial charge in [-0.1, -0.05) is 18.2 Å². The van der Waals surface area contributed by atoms with E-state index in [0.717, 1.165) is 4.90 Å². The normalized spacial score (nSPS) is 17.6. The second kappa shape index (κ2) is 4.97. The van der Waals surface area contributed by atoms with Gasteiger partial charge in [0.25, 0.3) is 0 Å². The maximum Gasteiger partial charge on any atom is 0.421 e. The van der Waals surface area contributed by atoms with E-state index in [1.807, 2.05) is 6.07 Å². The predicted molar refractivity (Wildman–Crippen MR) is 73.1 cm³/mol. The van der Waals surface area contributed by atoms with E-state index in [-0.39, 0.29) is 6.42 Å². The second-order valence-corrected chi connectivity index (χ2v) is 5.63. The molecule has 1 aromatic rings. The van der Waals surface area contributed by atoms with Crippen molar-refractivity contribution < 1.29 is 14.3 Å². The van der Waals surface area contributed by atoms with E-state index >= 15 is 0 Å². The number of carbonyl (C=O) groups is 2. The SMILES string of the molecule is CC(C)(C)OC(=O)N1C(=O)C(CC#N)c2ccccc21. The summed E-state index contributed by atoms with van der Waals surface area (Å²) < 4.78 is 5.26. The third-order valence-electron chi connectivity index (χ3n) is 2.94. The van der Waals surface area contributed by atoms with E-state index in [1.165, 1.54) is 0 Å². The molecule has 0 aliphatic carbocycles. The minimum atomic E-state index is -0.699. The Kier molecular flexibility index (Phi) is 3.49. The van der Waals surface area contributed by atoms with Crippen molar-refractivity contribution in [2.24, 2.45) is 0 Å². The Labute approximate surface area is 117 Å². The highest BCUT2D eigenvalue weighted by Gasteiger charge is 2.42. The van der Waals surface area contributed by atoms with Crippen LogP contribution in [-0.2, 0) is 9.53 Å². The fraction of sp³-hybridized carbons (Fsp3) is 0.400. The minimum Gasteiger partial charge on any atom is -0.443 e. The molecule has 1 aliphatic rings. The van der Waals surface area contributed by atoms with E-state index in [4.69, 9.17) is 10.00 Å². The number of nitriles is 1. The van der Waals surface area contributed by atoms with E-state index in [2.05, 4.69) is 0 Å². The number of nitrogens with zero attached hydrogens (tertiary/aromatic N) is 2. The summed E-state index contributed by atoms with van der Waals surface area (Å²) in [4.78, 5) is 25.6. The molecule has 0 bridgehead atoms. The van der Waals surface area contributed by atoms with Crippen LogP contribution in [0.2, 0.25) is 0 Å². The predicted octanol–water partition coefficient (Wildman–Crippen LogP) is 2.97. The highest BCUT2D eigenvalue weighted by atomic mass is 16.6. The highest BCUT2D eigenvalue weighted by molar-refractivity contribution is 6.19. The van der Waals surface area contributed by atoms with Crippen LogP contribution in [0, 0.1) is 11.3 Å². The van der Waals surface area contributed by atoms with Crippen molar-refractivity contribution in [3.8, 4) is 6.07 Å². The zero-order valence-electron chi connectivity index (χ0n) is 11.7. The zero-order chi connectivity index (χ0) is 14.9. The summed E-state index contributed by atoms with van der Waals surface area (Å²) in [7, 11) is 0. The molecule has 0 fully saturated rings. The Hall–Kier alpha value is -2.35. The molecule has 5 nitrogen and oxygen atoms in total. The van der Waals surface area contributed by atoms with Gasteiger partial charge in [0, 0.05) is 0 Å². The number of carbonyl (C=O) groups excluding carboxylic acids is 2. The third kappa shape index (κ3) is 2.50. The van der Waals surface area contributed by atoms with Crippen molar-refractivity contribution in [3.63, 3.8) is 0 Å². The Morgan fingerprint density at radius 2 is 2.05 bits per heavy atom. The maximum absolute atomic E-state index is 12.4. The van der Waals surface area contributed by atoms with Crippen LogP contribution in [0.5, 0.6) is 0 Å². The molecular weight excluding hydrogens is 256 g/mol. The van der Waals surface area contributed by atoms with E-state index in [1.54, 1.807) is 45.0 Å². The van der Waals surface area contributed by atoms with Crippen LogP contribution < -0.4 is 4.90 Å². The summed E-state index contributed by atoms with van der Waals surface area (Å²) in [6, 6.07) is 8.98. The number of benzene rings is 1. The van der Waals surface area contributed by atoms with Gasteiger partial charge < -0.3 is 4.74 Å². The number of hydrogen-bond donors (Lipinski definition) is 0. The largest absolute Gasteiger partial charge is 0.443 e. The number of ether oxygens (including phenoxy) is 1. The van der Waals surface area contributed by atoms with Gasteiger partial charge in [-0.2, -0.15) is 5.26 Å². The molecule has 1 aliphatic heterocycles. The zero-order valence-corrected chi connectivity index (χ0v) is 11.7. The summed E-state index contributed by atoms with van der Waals surface area (Å²) in [5.74, 6) is -0.995. The first-order valence-electron chi connectivity index (χ1n) is 6.38. The summed E-state index contributed by atoms with van der Waals surface area (Å²) in [6.07, 6.45) is -0.648. The van der Waals surface area contributed by atoms with Crippen LogP contribution in [0.15, 0.2) is 24.3 Å². The maximum atomic E-state index is 12.4. The number of rotatable bonds is 1. The molecule has 0 N–H and O–H groups in total. The van der Waals surface area contributed by atoms with E-state index in [0.29, 0.717) is 11.3 Å². The lowest BCUT2D eigenvalue weighted by Crippen LogP contribution is -2.39. The number of para-hydroxylation sites is 1. The molecule has 104 valence electrons. The van der Waals surface area contributed by atoms with Crippen molar-refractivity contribution in [1.82, 2.24) is 0 Å². The quantitative estimate of drug-likeness (QED) is 0.788. The lowest BCUT2D eigenvalue weighted by molar-refractivity contribution is -0.119. The van der Waals surface area contributed by atoms with Crippen LogP contribution in [0.3, 0.4) is 0 Å². The standard InChI is InChI=1S/C15H16N2O3/c1-15(2,3)20-14(19)17-12-7-5-4-6-10(12)11(8-9-16)13(17)18/h4-7,11H,8H2,1-3H3. The third-order valence-corrected chi connectivity index (χ3v) is 2.94. The first kappa shape index (κ1) is 14.1. The summed E-state index contributed by atoms with van der Waals surface area (Å²) in [6.45, 7) is 5.22. The Morgan fingerprint density at radius 3 is 2.65 bits per heavy atom. The highest BCUT2D eigenvalue weighted by Crippen LogP contribution is 2.39. The molecule has 2 amide bonds. The minimum absolute atomic E-state index is 0.0507. The Morgan fingerprint density at radius 1 is 1.40 bits per heavy atom. The molecule has 1 aromatic carbocycles. The number of amides is 2. The Bertz CT molecular complexity index is 596. The average Bonchev–Trinajstić information content (AvgIpc) is 2.61. The van der Waals surface area contributed by atoms with Crippen LogP contribution >= 0.6 is 0 Å². The lowest BCUT2D eigenvalue weighted by atomic mass is 9.98. The average molecular weight is 272 g/mol. The lowest BCUT2D eigenvalue weighted by Gasteiger charge is -2.23. The van der Waals surface area contributed by atoms with Crippen molar-refractivity contribution in [1.29, 1.82) is 5.26 Å². The number of hydrogen-bond acceptors (Lipinski definition) is 4. The first-order valence-corrected chi connectivity index (χ1v) is 6.38. The van der Waals surface area contributed by atoms with Gasteiger partial charge in [0.05, 0.1) is 24.1 Å². The molecule has 0 saturated carbocycles. The van der Waals surface area contributed by atoms with Crippen LogP contribution in [-0.4, -0.2) is 17.6 Å². The summed E-state index contributed by atoms with van der Waals surface area (Å²) >= 11 is 0. The molecule has 5 heteroatoms. The molecule has 0 saturated heterocycles. The molecule has 20 heavy (non-hydrogen) atoms. The molecular formula is C15H16N2O3. The monoisotopic (exact) mass is 272 g/mol. The van der Waals surface area contributed by atoms with E-state index in [9.17, 15) is 9.59 Å². The molecule has 1 unspecified atom stereocenters. The molecule has 0 spiro atoms. The van der Waals surface area contributed by atoms with Gasteiger partial charge in [-0.05, 0) is 32.4 Å². The van der Waals surface area contributed by atoms with Gasteiger partial charge in [0.15, 0.2) is 0 Å². The topological polar surface area (TPSA) is 70.4 Å². The number of fused-ring (bicyclic) bond motifs is 1. The van der Waals surface area contributed by atoms with Gasteiger partial charge in [-0.3, -0.25) is 4.79 Å². The molecule has 1 atom stereocenters. The van der Waals surface area contributed by atoms with Gasteiger partial charge in [-0.25, -0.2) is 9.69 Å². The van der Waals surface area contributed by atoms with Gasteiger partial charge in [0.2, 0.25) is 5.91 Å². The van der Waals surface area contributed by atoms with Crippen molar-refractivity contribution in [2.75, 3.05) is 4.90 Å². The fourth-order valence-electron chi connectivity index (χ4n) is 2.18. The first-order chi connectivity index (χ1) is 9.35. The molecule has 1 heterocycles. The number of anilines is 1. The van der Waals surface area contributed by atoms with Crippen molar-refractivity contribution >= 4 is 17.7 Å². The fourth-order valence-corrected chi connectivity index (χ4v) is 2.18. The van der Waals surface area contributed by atoms with Crippen LogP contribution in [0.25, 0.3) is 0 Å². The molecule has 0 aromatic heterocycles. The van der Waals surface area contributed by atoms with Crippen molar-refractivity contribution in [2.45, 2.75) is 38.7 Å². The van der Waals surface area contributed by atoms with E-state index < -0.39 is 23.5 Å². The number of imide groups is 1. The second-order valence-electron chi connectivity index (χ2n) is 5.63.